The molecule has 1 rings (SSSR count). The molecule has 20 heavy (non-hydrogen) atoms. The molecule has 0 spiro atoms. The third kappa shape index (κ3) is 5.91. The van der Waals surface area contributed by atoms with Crippen molar-refractivity contribution in [2.75, 3.05) is 26.7 Å². The quantitative estimate of drug-likeness (QED) is 0.341. The van der Waals surface area contributed by atoms with Crippen LogP contribution in [-0.4, -0.2) is 47.3 Å². The molecule has 112 valence electrons. The molecule has 0 saturated heterocycles. The molecule has 0 aromatic carbocycles. The van der Waals surface area contributed by atoms with Crippen LogP contribution >= 0.6 is 0 Å². The van der Waals surface area contributed by atoms with Crippen molar-refractivity contribution in [1.29, 1.82) is 0 Å². The SMILES string of the molecule is C=CCCCN(C)C(=NCCc1cnn(C)c1)NCC. The Labute approximate surface area is 122 Å². The second kappa shape index (κ2) is 9.18. The highest BCUT2D eigenvalue weighted by Gasteiger charge is 2.04. The number of guanidine groups is 1. The maximum absolute atomic E-state index is 4.67. The maximum atomic E-state index is 4.67. The summed E-state index contributed by atoms with van der Waals surface area (Å²) >= 11 is 0. The summed E-state index contributed by atoms with van der Waals surface area (Å²) in [5.41, 5.74) is 1.22. The molecule has 0 atom stereocenters. The lowest BCUT2D eigenvalue weighted by Crippen LogP contribution is -2.39. The van der Waals surface area contributed by atoms with E-state index >= 15 is 0 Å². The third-order valence-corrected chi connectivity index (χ3v) is 3.02. The van der Waals surface area contributed by atoms with Crippen molar-refractivity contribution < 1.29 is 0 Å². The smallest absolute Gasteiger partial charge is 0.193 e. The van der Waals surface area contributed by atoms with Gasteiger partial charge in [-0.25, -0.2) is 0 Å². The Kier molecular flexibility index (Phi) is 7.47. The standard InChI is InChI=1S/C15H27N5/c1-5-7-8-11-19(3)15(16-6-2)17-10-9-14-12-18-20(4)13-14/h5,12-13H,1,6-11H2,2-4H3,(H,16,17). The van der Waals surface area contributed by atoms with E-state index in [1.54, 1.807) is 0 Å². The van der Waals surface area contributed by atoms with Crippen LogP contribution in [0.2, 0.25) is 0 Å². The lowest BCUT2D eigenvalue weighted by atomic mass is 10.2. The molecule has 5 nitrogen and oxygen atoms in total. The van der Waals surface area contributed by atoms with Gasteiger partial charge in [-0.05, 0) is 31.7 Å². The zero-order valence-corrected chi connectivity index (χ0v) is 13.0. The fourth-order valence-electron chi connectivity index (χ4n) is 1.94. The summed E-state index contributed by atoms with van der Waals surface area (Å²) in [6, 6.07) is 0. The van der Waals surface area contributed by atoms with E-state index in [1.165, 1.54) is 5.56 Å². The van der Waals surface area contributed by atoms with Gasteiger partial charge in [0, 0.05) is 39.9 Å². The van der Waals surface area contributed by atoms with Gasteiger partial charge in [-0.3, -0.25) is 9.67 Å². The summed E-state index contributed by atoms with van der Waals surface area (Å²) in [6.07, 6.45) is 8.96. The van der Waals surface area contributed by atoms with Crippen LogP contribution in [0.3, 0.4) is 0 Å². The zero-order chi connectivity index (χ0) is 14.8. The van der Waals surface area contributed by atoms with Crippen molar-refractivity contribution in [1.82, 2.24) is 20.0 Å². The first-order valence-corrected chi connectivity index (χ1v) is 7.25. The Hall–Kier alpha value is -1.78. The van der Waals surface area contributed by atoms with Gasteiger partial charge in [0.05, 0.1) is 6.20 Å². The van der Waals surface area contributed by atoms with Crippen LogP contribution in [0.5, 0.6) is 0 Å². The predicted octanol–water partition coefficient (Wildman–Crippen LogP) is 1.83. The second-order valence-corrected chi connectivity index (χ2v) is 4.86. The van der Waals surface area contributed by atoms with Crippen molar-refractivity contribution >= 4 is 5.96 Å². The van der Waals surface area contributed by atoms with Crippen molar-refractivity contribution in [3.05, 3.63) is 30.6 Å². The van der Waals surface area contributed by atoms with Crippen LogP contribution in [0, 0.1) is 0 Å². The van der Waals surface area contributed by atoms with Crippen LogP contribution in [-0.2, 0) is 13.5 Å². The van der Waals surface area contributed by atoms with Crippen LogP contribution in [0.1, 0.15) is 25.3 Å². The lowest BCUT2D eigenvalue weighted by Gasteiger charge is -2.21. The second-order valence-electron chi connectivity index (χ2n) is 4.86. The topological polar surface area (TPSA) is 45.5 Å². The summed E-state index contributed by atoms with van der Waals surface area (Å²) in [5.74, 6) is 0.973. The molecule has 1 heterocycles. The van der Waals surface area contributed by atoms with Gasteiger partial charge in [0.15, 0.2) is 5.96 Å². The summed E-state index contributed by atoms with van der Waals surface area (Å²) in [5, 5.41) is 7.50. The first-order valence-electron chi connectivity index (χ1n) is 7.25. The van der Waals surface area contributed by atoms with Crippen LogP contribution < -0.4 is 5.32 Å². The number of aromatic nitrogens is 2. The molecule has 1 aromatic rings. The Bertz CT molecular complexity index is 422. The number of aliphatic imine (C=N–C) groups is 1. The zero-order valence-electron chi connectivity index (χ0n) is 13.0. The number of aryl methyl sites for hydroxylation is 1. The van der Waals surface area contributed by atoms with E-state index in [0.717, 1.165) is 44.9 Å². The molecule has 0 fully saturated rings. The Morgan fingerprint density at radius 2 is 2.40 bits per heavy atom. The Morgan fingerprint density at radius 3 is 3.00 bits per heavy atom. The van der Waals surface area contributed by atoms with Gasteiger partial charge in [0.1, 0.15) is 0 Å². The van der Waals surface area contributed by atoms with Gasteiger partial charge in [-0.2, -0.15) is 5.10 Å². The highest BCUT2D eigenvalue weighted by Crippen LogP contribution is 1.99. The molecule has 0 unspecified atom stereocenters. The van der Waals surface area contributed by atoms with Gasteiger partial charge in [0.25, 0.3) is 0 Å². The number of unbranched alkanes of at least 4 members (excludes halogenated alkanes) is 1. The van der Waals surface area contributed by atoms with E-state index in [2.05, 4.69) is 40.9 Å². The Balaban J connectivity index is 2.46. The van der Waals surface area contributed by atoms with Crippen LogP contribution in [0.25, 0.3) is 0 Å². The van der Waals surface area contributed by atoms with E-state index in [1.807, 2.05) is 30.2 Å². The minimum atomic E-state index is 0.778. The van der Waals surface area contributed by atoms with Gasteiger partial charge >= 0.3 is 0 Å². The molecular formula is C15H27N5. The lowest BCUT2D eigenvalue weighted by molar-refractivity contribution is 0.470. The number of hydrogen-bond donors (Lipinski definition) is 1. The highest BCUT2D eigenvalue weighted by molar-refractivity contribution is 5.79. The molecule has 5 heteroatoms. The number of hydrogen-bond acceptors (Lipinski definition) is 2. The summed E-state index contributed by atoms with van der Waals surface area (Å²) in [4.78, 5) is 6.84. The summed E-state index contributed by atoms with van der Waals surface area (Å²) in [7, 11) is 4.01. The van der Waals surface area contributed by atoms with E-state index in [4.69, 9.17) is 0 Å². The highest BCUT2D eigenvalue weighted by atomic mass is 15.3. The summed E-state index contributed by atoms with van der Waals surface area (Å²) < 4.78 is 1.83. The maximum Gasteiger partial charge on any atom is 0.193 e. The molecular weight excluding hydrogens is 250 g/mol. The van der Waals surface area contributed by atoms with Gasteiger partial charge < -0.3 is 10.2 Å². The molecule has 1 aromatic heterocycles. The average Bonchev–Trinajstić information content (AvgIpc) is 2.83. The normalized spacial score (nSPS) is 11.4. The minimum Gasteiger partial charge on any atom is -0.357 e. The molecule has 0 bridgehead atoms. The average molecular weight is 277 g/mol. The first kappa shape index (κ1) is 16.3. The fraction of sp³-hybridized carbons (Fsp3) is 0.600. The molecule has 0 radical (unpaired) electrons. The number of rotatable bonds is 8. The number of nitrogens with zero attached hydrogens (tertiary/aromatic N) is 4. The summed E-state index contributed by atoms with van der Waals surface area (Å²) in [6.45, 7) is 8.50. The van der Waals surface area contributed by atoms with E-state index in [0.29, 0.717) is 0 Å². The van der Waals surface area contributed by atoms with Crippen molar-refractivity contribution in [3.8, 4) is 0 Å². The largest absolute Gasteiger partial charge is 0.357 e. The predicted molar refractivity (Wildman–Crippen MR) is 85.0 cm³/mol. The van der Waals surface area contributed by atoms with Gasteiger partial charge in [-0.1, -0.05) is 6.08 Å². The molecule has 0 saturated carbocycles. The minimum absolute atomic E-state index is 0.778. The molecule has 0 aliphatic heterocycles. The van der Waals surface area contributed by atoms with E-state index in [-0.39, 0.29) is 0 Å². The number of nitrogens with one attached hydrogen (secondary N) is 1. The van der Waals surface area contributed by atoms with Crippen LogP contribution in [0.15, 0.2) is 30.0 Å². The van der Waals surface area contributed by atoms with E-state index in [9.17, 15) is 0 Å². The molecule has 0 aliphatic carbocycles. The van der Waals surface area contributed by atoms with Gasteiger partial charge in [-0.15, -0.1) is 6.58 Å². The van der Waals surface area contributed by atoms with Crippen molar-refractivity contribution in [2.45, 2.75) is 26.2 Å². The fourth-order valence-corrected chi connectivity index (χ4v) is 1.94. The Morgan fingerprint density at radius 1 is 1.60 bits per heavy atom. The third-order valence-electron chi connectivity index (χ3n) is 3.02. The van der Waals surface area contributed by atoms with Crippen molar-refractivity contribution in [2.24, 2.45) is 12.0 Å². The van der Waals surface area contributed by atoms with Crippen LogP contribution in [0.4, 0.5) is 0 Å². The molecule has 1 N–H and O–H groups in total. The van der Waals surface area contributed by atoms with Crippen molar-refractivity contribution in [3.63, 3.8) is 0 Å². The van der Waals surface area contributed by atoms with E-state index < -0.39 is 0 Å². The molecule has 0 amide bonds. The molecule has 0 aliphatic rings. The van der Waals surface area contributed by atoms with Gasteiger partial charge in [0.2, 0.25) is 0 Å². The first-order chi connectivity index (χ1) is 9.67. The monoisotopic (exact) mass is 277 g/mol. The number of allylic oxidation sites excluding steroid dienone is 1.